The number of imidazole rings is 1. The number of aromatic nitrogens is 2. The van der Waals surface area contributed by atoms with Crippen molar-refractivity contribution in [1.29, 1.82) is 0 Å². The summed E-state index contributed by atoms with van der Waals surface area (Å²) >= 11 is 4.43. The summed E-state index contributed by atoms with van der Waals surface area (Å²) in [5, 5.41) is 9.65. The van der Waals surface area contributed by atoms with Crippen LogP contribution in [0.3, 0.4) is 0 Å². The molecule has 1 atom stereocenters. The van der Waals surface area contributed by atoms with E-state index in [1.165, 1.54) is 44.1 Å². The molecule has 0 radical (unpaired) electrons. The maximum absolute atomic E-state index is 9.65. The van der Waals surface area contributed by atoms with E-state index in [-0.39, 0.29) is 12.4 Å². The molecule has 1 heterocycles. The Bertz CT molecular complexity index is 793. The normalized spacial score (nSPS) is 14.1. The lowest BCUT2D eigenvalue weighted by molar-refractivity contribution is 0.117. The molecule has 6 N–H and O–H groups in total. The topological polar surface area (TPSA) is 125 Å². The summed E-state index contributed by atoms with van der Waals surface area (Å²) in [6, 6.07) is 8.28. The van der Waals surface area contributed by atoms with Gasteiger partial charge in [-0.2, -0.15) is 0 Å². The monoisotopic (exact) mass is 441 g/mol. The van der Waals surface area contributed by atoms with E-state index < -0.39 is 18.9 Å². The van der Waals surface area contributed by atoms with E-state index in [9.17, 15) is 14.9 Å². The number of H-pyrrole nitrogens is 1. The first-order valence-corrected chi connectivity index (χ1v) is 12.6. The van der Waals surface area contributed by atoms with Crippen molar-refractivity contribution in [3.8, 4) is 11.3 Å². The van der Waals surface area contributed by atoms with Crippen LogP contribution in [0.25, 0.3) is 11.3 Å². The molecule has 0 saturated carbocycles. The third-order valence-electron chi connectivity index (χ3n) is 4.90. The first kappa shape index (κ1) is 24.2. The average Bonchev–Trinajstić information content (AvgIpc) is 3.20. The molecule has 0 aliphatic carbocycles. The standard InChI is InChI=1S/C20H32N3O4PS/c1-2-3-4-5-6-7-8-16-9-11-17(12-10-16)18-13-22-19(23-18)20(21,14-24)15-27-28(25,26)29/h9-13,24H,2-8,14-15,21H2,1H3,(H,22,23)(H2,25,26,29). The second-order valence-corrected chi connectivity index (χ2v) is 10.1. The molecule has 0 aliphatic rings. The Morgan fingerprint density at radius 1 is 1.14 bits per heavy atom. The lowest BCUT2D eigenvalue weighted by Gasteiger charge is -2.25. The molecule has 162 valence electrons. The molecule has 0 amide bonds. The molecule has 0 saturated heterocycles. The highest BCUT2D eigenvalue weighted by Crippen LogP contribution is 2.38. The van der Waals surface area contributed by atoms with Crippen LogP contribution in [0.15, 0.2) is 30.5 Å². The van der Waals surface area contributed by atoms with Crippen molar-refractivity contribution in [2.24, 2.45) is 5.73 Å². The Labute approximate surface area is 177 Å². The van der Waals surface area contributed by atoms with Gasteiger partial charge in [-0.15, -0.1) is 0 Å². The fraction of sp³-hybridized carbons (Fsp3) is 0.550. The van der Waals surface area contributed by atoms with Crippen molar-refractivity contribution in [1.82, 2.24) is 9.97 Å². The summed E-state index contributed by atoms with van der Waals surface area (Å²) in [5.41, 5.74) is 7.71. The number of aryl methyl sites for hydroxylation is 1. The number of benzene rings is 1. The van der Waals surface area contributed by atoms with Crippen LogP contribution >= 0.6 is 6.72 Å². The van der Waals surface area contributed by atoms with Gasteiger partial charge >= 0.3 is 6.72 Å². The molecule has 1 unspecified atom stereocenters. The summed E-state index contributed by atoms with van der Waals surface area (Å²) in [6.45, 7) is -2.50. The number of hydrogen-bond donors (Lipinski definition) is 5. The third kappa shape index (κ3) is 7.90. The van der Waals surface area contributed by atoms with Crippen LogP contribution in [0, 0.1) is 0 Å². The second-order valence-electron chi connectivity index (χ2n) is 7.44. The predicted octanol–water partition coefficient (Wildman–Crippen LogP) is 3.35. The van der Waals surface area contributed by atoms with Crippen molar-refractivity contribution >= 4 is 18.5 Å². The number of hydrogen-bond acceptors (Lipinski definition) is 5. The highest BCUT2D eigenvalue weighted by molar-refractivity contribution is 8.06. The summed E-state index contributed by atoms with van der Waals surface area (Å²) in [4.78, 5) is 25.8. The van der Waals surface area contributed by atoms with Gasteiger partial charge < -0.3 is 30.1 Å². The molecular formula is C20H32N3O4PS. The Morgan fingerprint density at radius 3 is 2.41 bits per heavy atom. The second kappa shape index (κ2) is 11.3. The van der Waals surface area contributed by atoms with E-state index in [0.29, 0.717) is 0 Å². The smallest absolute Gasteiger partial charge is 0.321 e. The molecule has 29 heavy (non-hydrogen) atoms. The molecule has 0 spiro atoms. The first-order chi connectivity index (χ1) is 13.8. The van der Waals surface area contributed by atoms with Crippen molar-refractivity contribution in [2.45, 2.75) is 57.4 Å². The number of aromatic amines is 1. The van der Waals surface area contributed by atoms with Gasteiger partial charge in [-0.05, 0) is 35.8 Å². The Kier molecular flexibility index (Phi) is 9.43. The minimum atomic E-state index is -3.87. The lowest BCUT2D eigenvalue weighted by atomic mass is 10.0. The molecule has 7 nitrogen and oxygen atoms in total. The quantitative estimate of drug-likeness (QED) is 0.238. The molecule has 2 rings (SSSR count). The molecular weight excluding hydrogens is 409 g/mol. The van der Waals surface area contributed by atoms with Gasteiger partial charge in [0.05, 0.1) is 25.1 Å². The van der Waals surface area contributed by atoms with Gasteiger partial charge in [0, 0.05) is 0 Å². The molecule has 2 aromatic rings. The summed E-state index contributed by atoms with van der Waals surface area (Å²) in [7, 11) is 0. The summed E-state index contributed by atoms with van der Waals surface area (Å²) < 4.78 is 4.83. The SMILES string of the molecule is CCCCCCCCc1ccc(-c2cnc(C(N)(CO)COP(O)(O)=S)[nH]2)cc1. The number of nitrogens with two attached hydrogens (primary N) is 1. The number of rotatable bonds is 13. The van der Waals surface area contributed by atoms with Crippen molar-refractivity contribution < 1.29 is 19.4 Å². The third-order valence-corrected chi connectivity index (χ3v) is 5.69. The number of aliphatic hydroxyl groups excluding tert-OH is 1. The van der Waals surface area contributed by atoms with Crippen LogP contribution in [-0.4, -0.2) is 38.1 Å². The van der Waals surface area contributed by atoms with E-state index in [0.717, 1.165) is 17.7 Å². The van der Waals surface area contributed by atoms with E-state index in [4.69, 9.17) is 10.3 Å². The van der Waals surface area contributed by atoms with Gasteiger partial charge in [0.25, 0.3) is 0 Å². The Balaban J connectivity index is 1.96. The number of nitrogens with one attached hydrogen (secondary N) is 1. The van der Waals surface area contributed by atoms with E-state index in [1.807, 2.05) is 12.1 Å². The van der Waals surface area contributed by atoms with Crippen LogP contribution in [0.5, 0.6) is 0 Å². The number of nitrogens with zero attached hydrogens (tertiary/aromatic N) is 1. The van der Waals surface area contributed by atoms with Gasteiger partial charge in [-0.3, -0.25) is 0 Å². The van der Waals surface area contributed by atoms with E-state index in [2.05, 4.69) is 40.8 Å². The molecule has 1 aromatic carbocycles. The van der Waals surface area contributed by atoms with Crippen LogP contribution in [0.4, 0.5) is 0 Å². The zero-order chi connectivity index (χ0) is 21.3. The van der Waals surface area contributed by atoms with E-state index in [1.54, 1.807) is 6.20 Å². The first-order valence-electron chi connectivity index (χ1n) is 10.0. The molecule has 1 aromatic heterocycles. The predicted molar refractivity (Wildman–Crippen MR) is 119 cm³/mol. The fourth-order valence-electron chi connectivity index (χ4n) is 3.07. The van der Waals surface area contributed by atoms with Gasteiger partial charge in [0.15, 0.2) is 0 Å². The molecule has 0 aliphatic heterocycles. The van der Waals surface area contributed by atoms with Gasteiger partial charge in [0.1, 0.15) is 11.4 Å². The van der Waals surface area contributed by atoms with Gasteiger partial charge in [0.2, 0.25) is 0 Å². The van der Waals surface area contributed by atoms with E-state index >= 15 is 0 Å². The average molecular weight is 442 g/mol. The summed E-state index contributed by atoms with van der Waals surface area (Å²) in [6.07, 6.45) is 10.4. The Hall–Kier alpha value is -1.12. The van der Waals surface area contributed by atoms with Crippen LogP contribution < -0.4 is 5.73 Å². The number of unbranched alkanes of at least 4 members (excludes halogenated alkanes) is 5. The molecule has 0 bridgehead atoms. The largest absolute Gasteiger partial charge is 0.394 e. The highest BCUT2D eigenvalue weighted by atomic mass is 32.5. The van der Waals surface area contributed by atoms with Gasteiger partial charge in [-0.1, -0.05) is 63.3 Å². The van der Waals surface area contributed by atoms with Gasteiger partial charge in [-0.25, -0.2) is 4.98 Å². The highest BCUT2D eigenvalue weighted by Gasteiger charge is 2.32. The number of aliphatic hydroxyl groups is 1. The van der Waals surface area contributed by atoms with Crippen LogP contribution in [-0.2, 0) is 28.3 Å². The molecule has 0 fully saturated rings. The zero-order valence-corrected chi connectivity index (χ0v) is 18.6. The maximum Gasteiger partial charge on any atom is 0.321 e. The van der Waals surface area contributed by atoms with Crippen molar-refractivity contribution in [2.75, 3.05) is 13.2 Å². The summed E-state index contributed by atoms with van der Waals surface area (Å²) in [5.74, 6) is 0.287. The van der Waals surface area contributed by atoms with Crippen molar-refractivity contribution in [3.63, 3.8) is 0 Å². The van der Waals surface area contributed by atoms with Crippen LogP contribution in [0.1, 0.15) is 56.8 Å². The minimum Gasteiger partial charge on any atom is -0.394 e. The Morgan fingerprint density at radius 2 is 1.79 bits per heavy atom. The van der Waals surface area contributed by atoms with Crippen molar-refractivity contribution in [3.05, 3.63) is 41.9 Å². The minimum absolute atomic E-state index is 0.287. The maximum atomic E-state index is 9.65. The zero-order valence-electron chi connectivity index (χ0n) is 16.9. The van der Waals surface area contributed by atoms with Crippen LogP contribution in [0.2, 0.25) is 0 Å². The molecule has 9 heteroatoms. The lowest BCUT2D eigenvalue weighted by Crippen LogP contribution is -2.45. The fourth-order valence-corrected chi connectivity index (χ4v) is 3.63.